The molecular formula is C17H25N3O. The Morgan fingerprint density at radius 1 is 1.24 bits per heavy atom. The van der Waals surface area contributed by atoms with Gasteiger partial charge in [-0.3, -0.25) is 0 Å². The summed E-state index contributed by atoms with van der Waals surface area (Å²) >= 11 is 0. The third kappa shape index (κ3) is 5.23. The first-order valence-corrected chi connectivity index (χ1v) is 7.51. The molecule has 2 rings (SSSR count). The number of imidazole rings is 1. The average Bonchev–Trinajstić information content (AvgIpc) is 2.93. The van der Waals surface area contributed by atoms with Crippen LogP contribution in [-0.4, -0.2) is 23.2 Å². The number of ether oxygens (including phenoxy) is 1. The summed E-state index contributed by atoms with van der Waals surface area (Å²) in [5.41, 5.74) is 2.41. The molecule has 0 unspecified atom stereocenters. The monoisotopic (exact) mass is 287 g/mol. The summed E-state index contributed by atoms with van der Waals surface area (Å²) < 4.78 is 7.32. The first-order valence-electron chi connectivity index (χ1n) is 7.51. The van der Waals surface area contributed by atoms with E-state index in [1.165, 1.54) is 5.56 Å². The summed E-state index contributed by atoms with van der Waals surface area (Å²) in [5, 5.41) is 3.41. The van der Waals surface area contributed by atoms with Gasteiger partial charge in [0.1, 0.15) is 5.75 Å². The highest BCUT2D eigenvalue weighted by Gasteiger charge is 2.01. The lowest BCUT2D eigenvalue weighted by Crippen LogP contribution is -2.19. The number of aromatic nitrogens is 2. The van der Waals surface area contributed by atoms with E-state index in [4.69, 9.17) is 4.74 Å². The Morgan fingerprint density at radius 2 is 2.00 bits per heavy atom. The third-order valence-electron chi connectivity index (χ3n) is 3.36. The Bertz CT molecular complexity index is 531. The van der Waals surface area contributed by atoms with Crippen LogP contribution in [-0.2, 0) is 19.5 Å². The molecule has 0 amide bonds. The van der Waals surface area contributed by atoms with E-state index < -0.39 is 0 Å². The van der Waals surface area contributed by atoms with Crippen LogP contribution < -0.4 is 10.1 Å². The van der Waals surface area contributed by atoms with Crippen molar-refractivity contribution in [2.24, 2.45) is 5.92 Å². The number of methoxy groups -OCH3 is 1. The minimum absolute atomic E-state index is 0.669. The molecule has 1 aromatic carbocycles. The van der Waals surface area contributed by atoms with Crippen LogP contribution in [0.5, 0.6) is 5.75 Å². The number of aryl methyl sites for hydroxylation is 2. The van der Waals surface area contributed by atoms with Gasteiger partial charge < -0.3 is 14.6 Å². The summed E-state index contributed by atoms with van der Waals surface area (Å²) in [5.74, 6) is 1.57. The average molecular weight is 287 g/mol. The number of nitrogens with one attached hydrogen (secondary N) is 1. The van der Waals surface area contributed by atoms with E-state index in [2.05, 4.69) is 47.0 Å². The van der Waals surface area contributed by atoms with Crippen molar-refractivity contribution in [2.45, 2.75) is 33.4 Å². The van der Waals surface area contributed by atoms with Crippen LogP contribution in [0.2, 0.25) is 0 Å². The minimum atomic E-state index is 0.669. The Kier molecular flexibility index (Phi) is 5.81. The lowest BCUT2D eigenvalue weighted by molar-refractivity contribution is 0.414. The fourth-order valence-electron chi connectivity index (χ4n) is 2.16. The van der Waals surface area contributed by atoms with E-state index in [1.807, 2.05) is 18.5 Å². The maximum atomic E-state index is 5.17. The van der Waals surface area contributed by atoms with Gasteiger partial charge in [-0.15, -0.1) is 0 Å². The third-order valence-corrected chi connectivity index (χ3v) is 3.36. The zero-order chi connectivity index (χ0) is 15.1. The SMILES string of the molecule is COc1ccc(CCn2cnc(CNCC(C)C)c2)cc1. The van der Waals surface area contributed by atoms with E-state index in [0.29, 0.717) is 5.92 Å². The highest BCUT2D eigenvalue weighted by atomic mass is 16.5. The molecule has 0 bridgehead atoms. The summed E-state index contributed by atoms with van der Waals surface area (Å²) in [6.45, 7) is 7.23. The van der Waals surface area contributed by atoms with Crippen molar-refractivity contribution >= 4 is 0 Å². The standard InChI is InChI=1S/C17H25N3O/c1-14(2)10-18-11-16-12-20(13-19-16)9-8-15-4-6-17(21-3)7-5-15/h4-7,12-14,18H,8-11H2,1-3H3. The molecule has 0 fully saturated rings. The lowest BCUT2D eigenvalue weighted by atomic mass is 10.1. The van der Waals surface area contributed by atoms with Gasteiger partial charge in [-0.1, -0.05) is 26.0 Å². The van der Waals surface area contributed by atoms with Crippen LogP contribution >= 0.6 is 0 Å². The Hall–Kier alpha value is -1.81. The van der Waals surface area contributed by atoms with Gasteiger partial charge in [0.2, 0.25) is 0 Å². The minimum Gasteiger partial charge on any atom is -0.497 e. The number of hydrogen-bond donors (Lipinski definition) is 1. The van der Waals surface area contributed by atoms with Crippen molar-refractivity contribution in [1.29, 1.82) is 0 Å². The molecular weight excluding hydrogens is 262 g/mol. The fraction of sp³-hybridized carbons (Fsp3) is 0.471. The molecule has 114 valence electrons. The molecule has 1 N–H and O–H groups in total. The highest BCUT2D eigenvalue weighted by molar-refractivity contribution is 5.27. The van der Waals surface area contributed by atoms with Crippen molar-refractivity contribution in [1.82, 2.24) is 14.9 Å². The van der Waals surface area contributed by atoms with Gasteiger partial charge in [-0.25, -0.2) is 4.98 Å². The molecule has 0 aliphatic rings. The normalized spacial score (nSPS) is 11.0. The lowest BCUT2D eigenvalue weighted by Gasteiger charge is -2.05. The van der Waals surface area contributed by atoms with E-state index >= 15 is 0 Å². The zero-order valence-corrected chi connectivity index (χ0v) is 13.2. The first kappa shape index (κ1) is 15.6. The van der Waals surface area contributed by atoms with Crippen LogP contribution in [0.15, 0.2) is 36.8 Å². The molecule has 4 nitrogen and oxygen atoms in total. The molecule has 0 aliphatic heterocycles. The van der Waals surface area contributed by atoms with Crippen LogP contribution in [0.1, 0.15) is 25.1 Å². The smallest absolute Gasteiger partial charge is 0.118 e. The molecule has 0 radical (unpaired) electrons. The maximum absolute atomic E-state index is 5.17. The largest absolute Gasteiger partial charge is 0.497 e. The van der Waals surface area contributed by atoms with E-state index in [1.54, 1.807) is 7.11 Å². The van der Waals surface area contributed by atoms with E-state index in [9.17, 15) is 0 Å². The number of benzene rings is 1. The van der Waals surface area contributed by atoms with Gasteiger partial charge in [-0.2, -0.15) is 0 Å². The second-order valence-electron chi connectivity index (χ2n) is 5.73. The molecule has 1 heterocycles. The zero-order valence-electron chi connectivity index (χ0n) is 13.2. The number of rotatable bonds is 8. The van der Waals surface area contributed by atoms with Crippen LogP contribution in [0.25, 0.3) is 0 Å². The van der Waals surface area contributed by atoms with Crippen LogP contribution in [0.4, 0.5) is 0 Å². The Labute approximate surface area is 127 Å². The molecule has 0 saturated carbocycles. The van der Waals surface area contributed by atoms with Gasteiger partial charge in [0, 0.05) is 19.3 Å². The topological polar surface area (TPSA) is 39.1 Å². The molecule has 0 atom stereocenters. The molecule has 21 heavy (non-hydrogen) atoms. The predicted molar refractivity (Wildman–Crippen MR) is 85.5 cm³/mol. The molecule has 0 saturated heterocycles. The molecule has 2 aromatic rings. The number of hydrogen-bond acceptors (Lipinski definition) is 3. The van der Waals surface area contributed by atoms with Crippen molar-refractivity contribution in [3.8, 4) is 5.75 Å². The van der Waals surface area contributed by atoms with Gasteiger partial charge in [0.25, 0.3) is 0 Å². The van der Waals surface area contributed by atoms with E-state index in [-0.39, 0.29) is 0 Å². The fourth-order valence-corrected chi connectivity index (χ4v) is 2.16. The van der Waals surface area contributed by atoms with Crippen LogP contribution in [0.3, 0.4) is 0 Å². The first-order chi connectivity index (χ1) is 10.2. The maximum Gasteiger partial charge on any atom is 0.118 e. The summed E-state index contributed by atoms with van der Waals surface area (Å²) in [4.78, 5) is 4.43. The van der Waals surface area contributed by atoms with Crippen molar-refractivity contribution in [3.63, 3.8) is 0 Å². The van der Waals surface area contributed by atoms with Gasteiger partial charge in [0.15, 0.2) is 0 Å². The van der Waals surface area contributed by atoms with Gasteiger partial charge in [0.05, 0.1) is 19.1 Å². The van der Waals surface area contributed by atoms with Crippen molar-refractivity contribution < 1.29 is 4.74 Å². The van der Waals surface area contributed by atoms with Crippen molar-refractivity contribution in [3.05, 3.63) is 48.0 Å². The Morgan fingerprint density at radius 3 is 2.67 bits per heavy atom. The van der Waals surface area contributed by atoms with E-state index in [0.717, 1.165) is 37.5 Å². The quantitative estimate of drug-likeness (QED) is 0.811. The van der Waals surface area contributed by atoms with Gasteiger partial charge >= 0.3 is 0 Å². The molecule has 1 aromatic heterocycles. The summed E-state index contributed by atoms with van der Waals surface area (Å²) in [6, 6.07) is 8.23. The predicted octanol–water partition coefficient (Wildman–Crippen LogP) is 2.88. The highest BCUT2D eigenvalue weighted by Crippen LogP contribution is 2.12. The number of nitrogens with zero attached hydrogens (tertiary/aromatic N) is 2. The summed E-state index contributed by atoms with van der Waals surface area (Å²) in [6.07, 6.45) is 5.03. The molecule has 4 heteroatoms. The Balaban J connectivity index is 1.79. The summed E-state index contributed by atoms with van der Waals surface area (Å²) in [7, 11) is 1.69. The molecule has 0 aliphatic carbocycles. The van der Waals surface area contributed by atoms with Crippen LogP contribution in [0, 0.1) is 5.92 Å². The van der Waals surface area contributed by atoms with Crippen molar-refractivity contribution in [2.75, 3.05) is 13.7 Å². The second-order valence-corrected chi connectivity index (χ2v) is 5.73. The molecule has 0 spiro atoms. The van der Waals surface area contributed by atoms with Gasteiger partial charge in [-0.05, 0) is 36.6 Å². The second kappa shape index (κ2) is 7.84.